The topological polar surface area (TPSA) is 141 Å². The molecule has 3 aliphatic rings. The summed E-state index contributed by atoms with van der Waals surface area (Å²) in [5, 5.41) is 6.91. The van der Waals surface area contributed by atoms with Gasteiger partial charge in [0.2, 0.25) is 5.91 Å². The van der Waals surface area contributed by atoms with E-state index in [2.05, 4.69) is 30.2 Å². The summed E-state index contributed by atoms with van der Waals surface area (Å²) in [5.74, 6) is -0.219. The van der Waals surface area contributed by atoms with E-state index < -0.39 is 24.7 Å². The zero-order chi connectivity index (χ0) is 39.3. The van der Waals surface area contributed by atoms with Gasteiger partial charge in [0.25, 0.3) is 11.8 Å². The molecule has 0 radical (unpaired) electrons. The fourth-order valence-corrected chi connectivity index (χ4v) is 8.55. The van der Waals surface area contributed by atoms with Crippen LogP contribution >= 0.6 is 11.3 Å². The molecule has 2 fully saturated rings. The van der Waals surface area contributed by atoms with Crippen LogP contribution < -0.4 is 20.3 Å². The van der Waals surface area contributed by atoms with Gasteiger partial charge in [-0.25, -0.2) is 9.69 Å². The molecule has 4 amide bonds. The molecule has 0 spiro atoms. The number of benzene rings is 2. The lowest BCUT2D eigenvalue weighted by Gasteiger charge is -2.42. The third-order valence-corrected chi connectivity index (χ3v) is 11.4. The maximum Gasteiger partial charge on any atom is 0.416 e. The summed E-state index contributed by atoms with van der Waals surface area (Å²) in [5.41, 5.74) is 3.02. The monoisotopic (exact) mass is 783 g/mol. The molecule has 13 nitrogen and oxygen atoms in total. The van der Waals surface area contributed by atoms with Crippen LogP contribution in [-0.2, 0) is 26.1 Å². The van der Waals surface area contributed by atoms with Gasteiger partial charge in [-0.15, -0.1) is 11.3 Å². The van der Waals surface area contributed by atoms with Crippen molar-refractivity contribution >= 4 is 62.3 Å². The van der Waals surface area contributed by atoms with Crippen LogP contribution in [0.25, 0.3) is 10.1 Å². The summed E-state index contributed by atoms with van der Waals surface area (Å²) in [4.78, 5) is 58.6. The quantitative estimate of drug-likeness (QED) is 0.109. The van der Waals surface area contributed by atoms with E-state index in [9.17, 15) is 19.2 Å². The first-order valence-electron chi connectivity index (χ1n) is 19.3. The summed E-state index contributed by atoms with van der Waals surface area (Å²) in [6.45, 7) is 8.90. The van der Waals surface area contributed by atoms with Crippen LogP contribution in [0.4, 0.5) is 21.9 Å². The van der Waals surface area contributed by atoms with Gasteiger partial charge in [0, 0.05) is 54.1 Å². The molecule has 2 N–H and O–H groups in total. The third kappa shape index (κ3) is 8.62. The van der Waals surface area contributed by atoms with Crippen molar-refractivity contribution in [2.45, 2.75) is 83.8 Å². The van der Waals surface area contributed by atoms with Gasteiger partial charge >= 0.3 is 6.09 Å². The highest BCUT2D eigenvalue weighted by molar-refractivity contribution is 7.19. The molecule has 0 aliphatic carbocycles. The van der Waals surface area contributed by atoms with E-state index in [-0.39, 0.29) is 37.4 Å². The maximum atomic E-state index is 14.2. The number of anilines is 3. The van der Waals surface area contributed by atoms with E-state index >= 15 is 0 Å². The Morgan fingerprint density at radius 2 is 1.86 bits per heavy atom. The lowest BCUT2D eigenvalue weighted by Crippen LogP contribution is -2.57. The molecule has 5 heterocycles. The molecule has 7 rings (SSSR count). The van der Waals surface area contributed by atoms with E-state index in [0.29, 0.717) is 72.0 Å². The van der Waals surface area contributed by atoms with Gasteiger partial charge in [-0.05, 0) is 106 Å². The molecule has 2 unspecified atom stereocenters. The molecule has 0 saturated carbocycles. The minimum absolute atomic E-state index is 0.0132. The summed E-state index contributed by atoms with van der Waals surface area (Å²) in [7, 11) is 1.75. The number of carbonyl (C=O) groups excluding carboxylic acids is 4. The fourth-order valence-electron chi connectivity index (χ4n) is 7.65. The molecule has 4 aromatic rings. The molecule has 0 bridgehead atoms. The Bertz CT molecular complexity index is 2120. The van der Waals surface area contributed by atoms with Gasteiger partial charge in [-0.3, -0.25) is 14.4 Å². The Morgan fingerprint density at radius 1 is 1.02 bits per heavy atom. The van der Waals surface area contributed by atoms with Crippen LogP contribution in [0.1, 0.15) is 82.7 Å². The average Bonchev–Trinajstić information content (AvgIpc) is 3.73. The smallest absolute Gasteiger partial charge is 0.416 e. The number of rotatable bonds is 12. The van der Waals surface area contributed by atoms with Gasteiger partial charge < -0.3 is 39.0 Å². The summed E-state index contributed by atoms with van der Waals surface area (Å²) < 4.78 is 27.2. The standard InChI is InChI=1S/C42H49N5O8S/c1-5-17-54-42(51)47-33-24-35(26(2)20-31(33)40(50)46-16-8-6-11-32(46)41(47)55-38-13-7-9-18-53-38)52-19-10-12-37(48)43-30-23-34(45(4)25-30)39(49)44-29-14-15-36-28(22-29)21-27(3)56-36/h5,14-15,20-25,32,38,41H,1,6-13,16-19H2,2-4H3,(H,43,48)(H,44,49)/t32-,38?,41?/m0/s1. The number of aromatic nitrogens is 1. The van der Waals surface area contributed by atoms with Crippen molar-refractivity contribution in [2.75, 3.05) is 41.9 Å². The van der Waals surface area contributed by atoms with Crippen molar-refractivity contribution in [3.63, 3.8) is 0 Å². The Labute approximate surface area is 330 Å². The maximum absolute atomic E-state index is 14.2. The van der Waals surface area contributed by atoms with E-state index in [0.717, 1.165) is 35.8 Å². The third-order valence-electron chi connectivity index (χ3n) is 10.4. The average molecular weight is 784 g/mol. The van der Waals surface area contributed by atoms with E-state index in [1.807, 2.05) is 30.0 Å². The predicted molar refractivity (Wildman–Crippen MR) is 216 cm³/mol. The molecule has 56 heavy (non-hydrogen) atoms. The zero-order valence-electron chi connectivity index (χ0n) is 32.1. The van der Waals surface area contributed by atoms with E-state index in [4.69, 9.17) is 18.9 Å². The van der Waals surface area contributed by atoms with Crippen LogP contribution in [-0.4, -0.2) is 78.2 Å². The summed E-state index contributed by atoms with van der Waals surface area (Å²) >= 11 is 1.71. The minimum Gasteiger partial charge on any atom is -0.493 e. The SMILES string of the molecule is C=CCOC(=O)N1c2cc(OCCCC(=O)Nc3cc(C(=O)Nc4ccc5sc(C)cc5c4)n(C)c3)c(C)cc2C(=O)N2CCCC[C@H]2C1OC1CCCCO1. The molecule has 2 aromatic carbocycles. The second-order valence-corrected chi connectivity index (χ2v) is 15.8. The van der Waals surface area contributed by atoms with Crippen molar-refractivity contribution in [3.05, 3.63) is 83.0 Å². The van der Waals surface area contributed by atoms with Crippen LogP contribution in [0.3, 0.4) is 0 Å². The molecule has 296 valence electrons. The lowest BCUT2D eigenvalue weighted by molar-refractivity contribution is -0.198. The number of carbonyl (C=O) groups is 4. The van der Waals surface area contributed by atoms with Crippen molar-refractivity contribution < 1.29 is 38.1 Å². The highest BCUT2D eigenvalue weighted by Gasteiger charge is 2.46. The van der Waals surface area contributed by atoms with Gasteiger partial charge in [0.15, 0.2) is 12.5 Å². The number of amides is 4. The van der Waals surface area contributed by atoms with Crippen LogP contribution in [0, 0.1) is 13.8 Å². The Hall–Kier alpha value is -5.18. The largest absolute Gasteiger partial charge is 0.493 e. The number of thiophene rings is 1. The highest BCUT2D eigenvalue weighted by atomic mass is 32.1. The summed E-state index contributed by atoms with van der Waals surface area (Å²) in [6, 6.07) is 12.6. The van der Waals surface area contributed by atoms with Crippen molar-refractivity contribution in [3.8, 4) is 5.75 Å². The Balaban J connectivity index is 1.02. The number of hydrogen-bond acceptors (Lipinski definition) is 9. The van der Waals surface area contributed by atoms with E-state index in [1.54, 1.807) is 47.3 Å². The number of hydrogen-bond donors (Lipinski definition) is 2. The van der Waals surface area contributed by atoms with Crippen LogP contribution in [0.5, 0.6) is 5.75 Å². The Kier molecular flexibility index (Phi) is 12.1. The molecular weight excluding hydrogens is 735 g/mol. The number of nitrogens with one attached hydrogen (secondary N) is 2. The second-order valence-electron chi connectivity index (χ2n) is 14.5. The molecule has 2 aromatic heterocycles. The zero-order valence-corrected chi connectivity index (χ0v) is 33.0. The highest BCUT2D eigenvalue weighted by Crippen LogP contribution is 2.40. The number of nitrogens with zero attached hydrogens (tertiary/aromatic N) is 3. The number of fused-ring (bicyclic) bond motifs is 3. The molecule has 2 saturated heterocycles. The number of aryl methyl sites for hydroxylation is 3. The first-order valence-corrected chi connectivity index (χ1v) is 20.1. The van der Waals surface area contributed by atoms with Gasteiger partial charge in [-0.2, -0.15) is 0 Å². The number of piperidine rings is 1. The predicted octanol–water partition coefficient (Wildman–Crippen LogP) is 7.91. The van der Waals surface area contributed by atoms with Gasteiger partial charge in [-0.1, -0.05) is 12.7 Å². The van der Waals surface area contributed by atoms with E-state index in [1.165, 1.54) is 15.9 Å². The molecule has 3 aliphatic heterocycles. The molecular formula is C42H49N5O8S. The van der Waals surface area contributed by atoms with Gasteiger partial charge in [0.1, 0.15) is 18.1 Å². The minimum atomic E-state index is -0.843. The van der Waals surface area contributed by atoms with Gasteiger partial charge in [0.05, 0.1) is 29.6 Å². The summed E-state index contributed by atoms with van der Waals surface area (Å²) in [6.07, 6.45) is 6.69. The lowest BCUT2D eigenvalue weighted by atomic mass is 10.00. The van der Waals surface area contributed by atoms with Crippen LogP contribution in [0.15, 0.2) is 61.3 Å². The fraction of sp³-hybridized carbons (Fsp3) is 0.429. The first-order chi connectivity index (χ1) is 27.1. The first kappa shape index (κ1) is 39.1. The number of ether oxygens (including phenoxy) is 4. The van der Waals surface area contributed by atoms with Crippen LogP contribution in [0.2, 0.25) is 0 Å². The molecule has 14 heteroatoms. The Morgan fingerprint density at radius 3 is 2.66 bits per heavy atom. The second kappa shape index (κ2) is 17.3. The van der Waals surface area contributed by atoms with Crippen molar-refractivity contribution in [1.29, 1.82) is 0 Å². The van der Waals surface area contributed by atoms with Crippen molar-refractivity contribution in [1.82, 2.24) is 9.47 Å². The molecule has 3 atom stereocenters. The normalized spacial score (nSPS) is 19.5. The van der Waals surface area contributed by atoms with Crippen molar-refractivity contribution in [2.24, 2.45) is 7.05 Å².